The van der Waals surface area contributed by atoms with Gasteiger partial charge in [-0.3, -0.25) is 0 Å². The Labute approximate surface area is 714 Å². The Morgan fingerprint density at radius 3 is 1.22 bits per heavy atom. The predicted molar refractivity (Wildman–Crippen MR) is 504 cm³/mol. The molecule has 6 heteroatoms. The Morgan fingerprint density at radius 1 is 0.261 bits per heavy atom. The lowest BCUT2D eigenvalue weighted by Gasteiger charge is -2.46. The zero-order valence-electron chi connectivity index (χ0n) is 81.5. The van der Waals surface area contributed by atoms with Crippen LogP contribution in [0.4, 0.5) is 34.1 Å². The summed E-state index contributed by atoms with van der Waals surface area (Å²) in [6, 6.07) is 85.0. The summed E-state index contributed by atoms with van der Waals surface area (Å²) in [6.45, 7) is 26.7. The summed E-state index contributed by atoms with van der Waals surface area (Å²) in [5.41, 5.74) is 21.9. The van der Waals surface area contributed by atoms with Crippen molar-refractivity contribution >= 4 is 121 Å². The molecule has 16 aromatic carbocycles. The van der Waals surface area contributed by atoms with Crippen LogP contribution in [0.5, 0.6) is 0 Å². The van der Waals surface area contributed by atoms with Crippen LogP contribution in [-0.4, -0.2) is 13.7 Å². The zero-order chi connectivity index (χ0) is 92.2. The first-order valence-corrected chi connectivity index (χ1v) is 41.1. The van der Waals surface area contributed by atoms with E-state index < -0.39 is 89.9 Å². The van der Waals surface area contributed by atoms with Crippen LogP contribution in [0.25, 0.3) is 149 Å². The lowest BCUT2D eigenvalue weighted by Crippen LogP contribution is -2.30. The number of fused-ring (bicyclic) bond motifs is 16. The van der Waals surface area contributed by atoms with Crippen molar-refractivity contribution < 1.29 is 22.2 Å². The summed E-state index contributed by atoms with van der Waals surface area (Å²) < 4.78 is 140. The fourth-order valence-electron chi connectivity index (χ4n) is 18.9. The number of nitrogens with zero attached hydrogens (tertiary/aromatic N) is 5. The van der Waals surface area contributed by atoms with Crippen molar-refractivity contribution in [1.29, 1.82) is 0 Å². The molecule has 0 N–H and O–H groups in total. The quantitative estimate of drug-likeness (QED) is 0.144. The third kappa shape index (κ3) is 11.3. The normalized spacial score (nSPS) is 15.3. The summed E-state index contributed by atoms with van der Waals surface area (Å²) in [6.07, 6.45) is 0. The Kier molecular flexibility index (Phi) is 13.1. The van der Waals surface area contributed by atoms with E-state index >= 15 is 0 Å². The maximum Gasteiger partial charge on any atom is 0.159 e. The van der Waals surface area contributed by atoms with Crippen molar-refractivity contribution in [2.24, 2.45) is 0 Å². The molecule has 4 aromatic heterocycles. The number of aromatic nitrogens is 3. The van der Waals surface area contributed by atoms with Gasteiger partial charge in [0.1, 0.15) is 0 Å². The van der Waals surface area contributed by atoms with Gasteiger partial charge in [-0.25, -0.2) is 0 Å². The number of rotatable bonds is 9. The SMILES string of the molecule is [2H]c1c([2H])c([2H])c(-c2ccc3c(c2)N(c2c(-c4ccccc4)cc(C(C)(C)C)cc2-c2ccccc2)c2cc(-n4c5c([2H])c([2H])c([2H])c([2H])c5c5c([2H])c([2H])c([2H])c([2H])c54)cc4c2C3c2ccc(-n3c5ccc(C(C)(C)C)cc5c5cc(C(C)(C)C)ccc53)cc2N4c2cccc3c2oc2c(-n4c5ccc(-c6ccccc6)cc5c5cc(C(C)(C)C)ccc54)cccc23)c([2H])c1[2H]. The minimum atomic E-state index is -0.772. The topological polar surface area (TPSA) is 34.4 Å². The maximum atomic E-state index is 10.3. The van der Waals surface area contributed by atoms with E-state index in [0.717, 1.165) is 121 Å². The predicted octanol–water partition coefficient (Wildman–Crippen LogP) is 31.5. The average molecular weight is 1550 g/mol. The van der Waals surface area contributed by atoms with Crippen LogP contribution in [-0.2, 0) is 21.7 Å². The van der Waals surface area contributed by atoms with Crippen molar-refractivity contribution in [3.05, 3.63) is 378 Å². The van der Waals surface area contributed by atoms with Crippen LogP contribution in [0.1, 0.15) is 146 Å². The van der Waals surface area contributed by atoms with Gasteiger partial charge in [0.05, 0.1) is 96.4 Å². The molecular weight excluding hydrogens is 1440 g/mol. The number of hydrogen-bond acceptors (Lipinski definition) is 3. The first kappa shape index (κ1) is 59.0. The summed E-state index contributed by atoms with van der Waals surface area (Å²) in [5, 5.41) is 5.74. The molecule has 22 rings (SSSR count). The molecule has 119 heavy (non-hydrogen) atoms. The molecule has 2 aliphatic heterocycles. The van der Waals surface area contributed by atoms with Gasteiger partial charge in [-0.1, -0.05) is 307 Å². The molecule has 0 aliphatic carbocycles. The van der Waals surface area contributed by atoms with E-state index in [4.69, 9.17) is 5.79 Å². The number of hydrogen-bond donors (Lipinski definition) is 0. The van der Waals surface area contributed by atoms with Crippen molar-refractivity contribution in [3.8, 4) is 61.6 Å². The largest absolute Gasteiger partial charge is 0.452 e. The molecule has 6 heterocycles. The van der Waals surface area contributed by atoms with Gasteiger partial charge >= 0.3 is 0 Å². The van der Waals surface area contributed by atoms with Crippen LogP contribution >= 0.6 is 0 Å². The molecule has 0 amide bonds. The highest BCUT2D eigenvalue weighted by Crippen LogP contribution is 2.65. The van der Waals surface area contributed by atoms with Crippen LogP contribution in [0.3, 0.4) is 0 Å². The lowest BCUT2D eigenvalue weighted by molar-refractivity contribution is 0.590. The molecule has 2 aliphatic rings. The minimum absolute atomic E-state index is 0.0189. The Balaban J connectivity index is 0.935. The first-order chi connectivity index (χ1) is 63.0. The molecule has 0 saturated carbocycles. The second-order valence-corrected chi connectivity index (χ2v) is 36.3. The summed E-state index contributed by atoms with van der Waals surface area (Å²) in [7, 11) is 0. The number of para-hydroxylation sites is 4. The van der Waals surface area contributed by atoms with Crippen LogP contribution in [0, 0.1) is 0 Å². The van der Waals surface area contributed by atoms with E-state index in [0.29, 0.717) is 50.9 Å². The van der Waals surface area contributed by atoms with E-state index in [-0.39, 0.29) is 49.3 Å². The molecule has 0 radical (unpaired) electrons. The minimum Gasteiger partial charge on any atom is -0.452 e. The van der Waals surface area contributed by atoms with Crippen LogP contribution in [0.2, 0.25) is 0 Å². The lowest BCUT2D eigenvalue weighted by atomic mass is 9.74. The number of furan rings is 1. The van der Waals surface area contributed by atoms with Crippen LogP contribution < -0.4 is 9.80 Å². The average Bonchev–Trinajstić information content (AvgIpc) is 1.05. The molecule has 0 bridgehead atoms. The van der Waals surface area contributed by atoms with Gasteiger partial charge in [0.25, 0.3) is 0 Å². The Bertz CT molecular complexity index is 8190. The van der Waals surface area contributed by atoms with Gasteiger partial charge in [-0.15, -0.1) is 0 Å². The second kappa shape index (κ2) is 26.4. The molecular formula is C113H93N5O. The van der Waals surface area contributed by atoms with Crippen LogP contribution in [0.15, 0.2) is 344 Å². The monoisotopic (exact) mass is 1550 g/mol. The highest BCUT2D eigenvalue weighted by molar-refractivity contribution is 6.18. The van der Waals surface area contributed by atoms with Crippen molar-refractivity contribution in [1.82, 2.24) is 13.7 Å². The molecule has 1 unspecified atom stereocenters. The van der Waals surface area contributed by atoms with E-state index in [1.165, 1.54) is 16.7 Å². The highest BCUT2D eigenvalue weighted by atomic mass is 16.3. The van der Waals surface area contributed by atoms with Gasteiger partial charge in [-0.05, 0) is 204 Å². The third-order valence-corrected chi connectivity index (χ3v) is 24.9. The summed E-state index contributed by atoms with van der Waals surface area (Å²) in [5.74, 6) is -0.772. The molecule has 6 nitrogen and oxygen atoms in total. The molecule has 0 spiro atoms. The first-order valence-electron chi connectivity index (χ1n) is 47.6. The van der Waals surface area contributed by atoms with Gasteiger partial charge in [0.15, 0.2) is 11.2 Å². The molecule has 576 valence electrons. The van der Waals surface area contributed by atoms with E-state index in [9.17, 15) is 16.4 Å². The van der Waals surface area contributed by atoms with Crippen molar-refractivity contribution in [2.75, 3.05) is 9.80 Å². The Hall–Kier alpha value is -13.7. The second-order valence-electron chi connectivity index (χ2n) is 36.3. The third-order valence-electron chi connectivity index (χ3n) is 24.9. The zero-order valence-corrected chi connectivity index (χ0v) is 68.5. The number of anilines is 6. The fraction of sp³-hybridized carbons (Fsp3) is 0.150. The Morgan fingerprint density at radius 2 is 0.681 bits per heavy atom. The summed E-state index contributed by atoms with van der Waals surface area (Å²) in [4.78, 5) is 4.50. The molecule has 20 aromatic rings. The maximum absolute atomic E-state index is 10.3. The van der Waals surface area contributed by atoms with Gasteiger partial charge < -0.3 is 27.9 Å². The summed E-state index contributed by atoms with van der Waals surface area (Å²) >= 11 is 0. The smallest absolute Gasteiger partial charge is 0.159 e. The molecule has 1 atom stereocenters. The van der Waals surface area contributed by atoms with E-state index in [2.05, 4.69) is 290 Å². The van der Waals surface area contributed by atoms with E-state index in [1.807, 2.05) is 72.8 Å². The standard InChI is InChI=1S/C113H93N5O/c1-110(2,3)75-49-56-95-91(62-75)92-63-76(111(4,5)6)50-57-96(92)114(95)79-52-54-86-102(66-79)117(100-46-30-42-84-83-41-29-45-99(108(83)119-109(84)100)116-97-55-48-73(69-31-17-13-18-32-69)59-89(97)90-61-77(112(7,8)9)51-58-98(90)116)103-67-80(115-93-43-27-25-39-81(93)82-40-26-28-44-94(82)115)68-104-106(103)105(86)85-53-47-74(70-33-19-14-20-34-70)60-101(85)118(104)107-87(71-35-21-15-22-36-71)64-78(113(10,11)12)65-88(107)72-37-23-16-24-38-72/h13-68,105H,1-12H3/i14D,19D,20D,25D,26D,27D,28D,33D,34D,39D,40D,43D,44D. The molecule has 0 saturated heterocycles. The van der Waals surface area contributed by atoms with E-state index in [1.54, 1.807) is 4.57 Å². The van der Waals surface area contributed by atoms with Gasteiger partial charge in [-0.2, -0.15) is 0 Å². The van der Waals surface area contributed by atoms with Crippen molar-refractivity contribution in [3.63, 3.8) is 0 Å². The highest BCUT2D eigenvalue weighted by Gasteiger charge is 2.45. The van der Waals surface area contributed by atoms with Gasteiger partial charge in [0, 0.05) is 71.4 Å². The fourth-order valence-corrected chi connectivity index (χ4v) is 18.9. The van der Waals surface area contributed by atoms with Crippen molar-refractivity contribution in [2.45, 2.75) is 111 Å². The van der Waals surface area contributed by atoms with Gasteiger partial charge in [0.2, 0.25) is 0 Å². The number of benzene rings is 16. The molecule has 0 fully saturated rings.